The fourth-order valence-electron chi connectivity index (χ4n) is 2.12. The number of hydrogen-bond donors (Lipinski definition) is 0. The molecular formula is C14H19N. The molecule has 1 aromatic carbocycles. The van der Waals surface area contributed by atoms with E-state index >= 15 is 0 Å². The van der Waals surface area contributed by atoms with Gasteiger partial charge in [0.25, 0.3) is 0 Å². The summed E-state index contributed by atoms with van der Waals surface area (Å²) in [6, 6.07) is 4.61. The summed E-state index contributed by atoms with van der Waals surface area (Å²) in [5, 5.41) is 0. The molecule has 0 spiro atoms. The van der Waals surface area contributed by atoms with Crippen LogP contribution in [0, 0.1) is 0 Å². The molecule has 0 amide bonds. The number of aliphatic imine (C=N–C) groups is 1. The number of fused-ring (bicyclic) bond motifs is 1. The van der Waals surface area contributed by atoms with E-state index in [9.17, 15) is 0 Å². The third-order valence-corrected chi connectivity index (χ3v) is 3.10. The van der Waals surface area contributed by atoms with Gasteiger partial charge < -0.3 is 0 Å². The quantitative estimate of drug-likeness (QED) is 0.680. The second-order valence-corrected chi connectivity index (χ2v) is 4.93. The van der Waals surface area contributed by atoms with Crippen molar-refractivity contribution in [1.29, 1.82) is 0 Å². The molecule has 0 atom stereocenters. The van der Waals surface area contributed by atoms with Crippen LogP contribution in [-0.2, 0) is 6.42 Å². The number of rotatable bonds is 2. The van der Waals surface area contributed by atoms with Gasteiger partial charge in [-0.15, -0.1) is 0 Å². The Hall–Kier alpha value is -1.11. The number of hydrogen-bond acceptors (Lipinski definition) is 1. The lowest BCUT2D eigenvalue weighted by Crippen LogP contribution is -1.98. The summed E-state index contributed by atoms with van der Waals surface area (Å²) in [5.74, 6) is 1.18. The van der Waals surface area contributed by atoms with Crippen LogP contribution in [0.4, 0.5) is 5.69 Å². The fourth-order valence-corrected chi connectivity index (χ4v) is 2.12. The lowest BCUT2D eigenvalue weighted by Gasteiger charge is -2.15. The molecule has 1 heteroatoms. The molecule has 0 fully saturated rings. The minimum absolute atomic E-state index is 0.587. The van der Waals surface area contributed by atoms with Gasteiger partial charge in [0.1, 0.15) is 0 Å². The highest BCUT2D eigenvalue weighted by Gasteiger charge is 2.16. The van der Waals surface area contributed by atoms with E-state index in [0.717, 1.165) is 6.42 Å². The average molecular weight is 201 g/mol. The maximum atomic E-state index is 4.46. The van der Waals surface area contributed by atoms with Gasteiger partial charge in [-0.25, -0.2) is 0 Å². The smallest absolute Gasteiger partial charge is 0.0667 e. The molecule has 0 unspecified atom stereocenters. The van der Waals surface area contributed by atoms with Gasteiger partial charge in [0, 0.05) is 12.6 Å². The van der Waals surface area contributed by atoms with E-state index in [4.69, 9.17) is 0 Å². The van der Waals surface area contributed by atoms with Crippen LogP contribution in [0.15, 0.2) is 17.1 Å². The molecule has 1 aliphatic heterocycles. The standard InChI is InChI=1S/C14H19N/c1-9(2)11-7-13(10(3)4)12-5-6-15-14(12)8-11/h6-10H,5H2,1-4H3. The highest BCUT2D eigenvalue weighted by Crippen LogP contribution is 2.35. The first-order valence-electron chi connectivity index (χ1n) is 5.79. The van der Waals surface area contributed by atoms with Crippen molar-refractivity contribution in [1.82, 2.24) is 0 Å². The zero-order chi connectivity index (χ0) is 11.0. The predicted molar refractivity (Wildman–Crippen MR) is 66.5 cm³/mol. The van der Waals surface area contributed by atoms with Crippen molar-refractivity contribution in [2.24, 2.45) is 4.99 Å². The molecule has 1 aromatic rings. The van der Waals surface area contributed by atoms with Crippen LogP contribution in [0.25, 0.3) is 0 Å². The van der Waals surface area contributed by atoms with Crippen molar-refractivity contribution in [3.8, 4) is 0 Å². The first-order valence-corrected chi connectivity index (χ1v) is 5.79. The summed E-state index contributed by atoms with van der Waals surface area (Å²) in [6.45, 7) is 9.01. The molecule has 80 valence electrons. The minimum atomic E-state index is 0.587. The Morgan fingerprint density at radius 3 is 2.40 bits per heavy atom. The molecule has 0 saturated heterocycles. The molecule has 1 aliphatic rings. The summed E-state index contributed by atoms with van der Waals surface area (Å²) in [7, 11) is 0. The monoisotopic (exact) mass is 201 g/mol. The Kier molecular flexibility index (Phi) is 2.64. The highest BCUT2D eigenvalue weighted by atomic mass is 14.7. The van der Waals surface area contributed by atoms with Crippen LogP contribution in [-0.4, -0.2) is 6.21 Å². The fraction of sp³-hybridized carbons (Fsp3) is 0.500. The number of nitrogens with zero attached hydrogens (tertiary/aromatic N) is 1. The van der Waals surface area contributed by atoms with Gasteiger partial charge in [-0.3, -0.25) is 4.99 Å². The lowest BCUT2D eigenvalue weighted by atomic mass is 9.90. The molecule has 2 rings (SSSR count). The van der Waals surface area contributed by atoms with E-state index in [-0.39, 0.29) is 0 Å². The molecule has 0 saturated carbocycles. The molecule has 0 aromatic heterocycles. The highest BCUT2D eigenvalue weighted by molar-refractivity contribution is 5.77. The minimum Gasteiger partial charge on any atom is -0.261 e. The maximum Gasteiger partial charge on any atom is 0.0667 e. The summed E-state index contributed by atoms with van der Waals surface area (Å²) in [6.07, 6.45) is 3.04. The third-order valence-electron chi connectivity index (χ3n) is 3.10. The number of benzene rings is 1. The van der Waals surface area contributed by atoms with Gasteiger partial charge >= 0.3 is 0 Å². The van der Waals surface area contributed by atoms with Crippen LogP contribution in [0.1, 0.15) is 56.2 Å². The molecular weight excluding hydrogens is 182 g/mol. The van der Waals surface area contributed by atoms with Crippen LogP contribution in [0.5, 0.6) is 0 Å². The van der Waals surface area contributed by atoms with E-state index < -0.39 is 0 Å². The van der Waals surface area contributed by atoms with Crippen molar-refractivity contribution in [3.05, 3.63) is 28.8 Å². The van der Waals surface area contributed by atoms with E-state index in [1.165, 1.54) is 22.4 Å². The average Bonchev–Trinajstić information content (AvgIpc) is 2.62. The van der Waals surface area contributed by atoms with Crippen molar-refractivity contribution in [3.63, 3.8) is 0 Å². The molecule has 0 aliphatic carbocycles. The molecule has 15 heavy (non-hydrogen) atoms. The van der Waals surface area contributed by atoms with Crippen molar-refractivity contribution < 1.29 is 0 Å². The van der Waals surface area contributed by atoms with Crippen LogP contribution >= 0.6 is 0 Å². The van der Waals surface area contributed by atoms with Gasteiger partial charge in [0.15, 0.2) is 0 Å². The normalized spacial score (nSPS) is 14.0. The first kappa shape index (κ1) is 10.4. The topological polar surface area (TPSA) is 12.4 Å². The molecule has 1 nitrogen and oxygen atoms in total. The van der Waals surface area contributed by atoms with Crippen molar-refractivity contribution >= 4 is 11.9 Å². The van der Waals surface area contributed by atoms with Crippen molar-refractivity contribution in [2.75, 3.05) is 0 Å². The van der Waals surface area contributed by atoms with Crippen LogP contribution in [0.2, 0.25) is 0 Å². The Morgan fingerprint density at radius 1 is 1.07 bits per heavy atom. The second kappa shape index (κ2) is 3.80. The molecule has 0 bridgehead atoms. The van der Waals surface area contributed by atoms with Crippen LogP contribution < -0.4 is 0 Å². The van der Waals surface area contributed by atoms with Gasteiger partial charge in [-0.05, 0) is 34.6 Å². The summed E-state index contributed by atoms with van der Waals surface area (Å²) >= 11 is 0. The van der Waals surface area contributed by atoms with Gasteiger partial charge in [-0.2, -0.15) is 0 Å². The third kappa shape index (κ3) is 1.83. The molecule has 0 N–H and O–H groups in total. The SMILES string of the molecule is CC(C)c1cc2c(c(C(C)C)c1)CC=N2. The van der Waals surface area contributed by atoms with E-state index in [2.05, 4.69) is 44.8 Å². The summed E-state index contributed by atoms with van der Waals surface area (Å²) in [5.41, 5.74) is 5.53. The zero-order valence-electron chi connectivity index (χ0n) is 10.0. The summed E-state index contributed by atoms with van der Waals surface area (Å²) in [4.78, 5) is 4.46. The van der Waals surface area contributed by atoms with Gasteiger partial charge in [0.2, 0.25) is 0 Å². The maximum absolute atomic E-state index is 4.46. The Bertz CT molecular complexity index is 400. The zero-order valence-corrected chi connectivity index (χ0v) is 10.0. The Balaban J connectivity index is 2.56. The van der Waals surface area contributed by atoms with Gasteiger partial charge in [-0.1, -0.05) is 33.8 Å². The first-order chi connectivity index (χ1) is 7.09. The Labute approximate surface area is 92.2 Å². The summed E-state index contributed by atoms with van der Waals surface area (Å²) < 4.78 is 0. The molecule has 1 heterocycles. The van der Waals surface area contributed by atoms with Crippen molar-refractivity contribution in [2.45, 2.75) is 46.0 Å². The van der Waals surface area contributed by atoms with Gasteiger partial charge in [0.05, 0.1) is 5.69 Å². The van der Waals surface area contributed by atoms with E-state index in [0.29, 0.717) is 11.8 Å². The van der Waals surface area contributed by atoms with Crippen LogP contribution in [0.3, 0.4) is 0 Å². The predicted octanol–water partition coefficient (Wildman–Crippen LogP) is 4.19. The van der Waals surface area contributed by atoms with E-state index in [1.54, 1.807) is 0 Å². The van der Waals surface area contributed by atoms with E-state index in [1.807, 2.05) is 6.21 Å². The lowest BCUT2D eigenvalue weighted by molar-refractivity contribution is 0.826. The largest absolute Gasteiger partial charge is 0.261 e. The molecule has 0 radical (unpaired) electrons. The Morgan fingerprint density at radius 2 is 1.80 bits per heavy atom. The second-order valence-electron chi connectivity index (χ2n) is 4.93.